The minimum Gasteiger partial charge on any atom is -0.487 e. The third-order valence-electron chi connectivity index (χ3n) is 3.53. The highest BCUT2D eigenvalue weighted by atomic mass is 35.5. The standard InChI is InChI=1S/C17H20N2O2.ClH/c1-2-4-14(5-3-1)13-20-16-6-7-17(19-12-16)21-15-8-10-18-11-9-15;/h1-7,12,15,18H,8-11,13H2;1H. The zero-order valence-electron chi connectivity index (χ0n) is 12.4. The second kappa shape index (κ2) is 8.61. The molecule has 0 unspecified atom stereocenters. The third-order valence-corrected chi connectivity index (χ3v) is 3.53. The molecule has 0 saturated carbocycles. The Morgan fingerprint density at radius 1 is 1.05 bits per heavy atom. The van der Waals surface area contributed by atoms with Gasteiger partial charge in [-0.1, -0.05) is 30.3 Å². The molecule has 1 aliphatic rings. The summed E-state index contributed by atoms with van der Waals surface area (Å²) in [5.41, 5.74) is 1.15. The molecule has 3 rings (SSSR count). The maximum absolute atomic E-state index is 5.87. The number of piperidine rings is 1. The highest BCUT2D eigenvalue weighted by Crippen LogP contribution is 2.18. The molecule has 1 N–H and O–H groups in total. The number of nitrogens with one attached hydrogen (secondary N) is 1. The van der Waals surface area contributed by atoms with Gasteiger partial charge in [-0.05, 0) is 37.6 Å². The number of halogens is 1. The molecule has 2 aromatic rings. The van der Waals surface area contributed by atoms with Crippen LogP contribution in [0.1, 0.15) is 18.4 Å². The van der Waals surface area contributed by atoms with E-state index in [1.54, 1.807) is 6.20 Å². The second-order valence-electron chi connectivity index (χ2n) is 5.17. The number of pyridine rings is 1. The molecule has 1 saturated heterocycles. The van der Waals surface area contributed by atoms with E-state index in [0.717, 1.165) is 37.2 Å². The minimum absolute atomic E-state index is 0. The van der Waals surface area contributed by atoms with Gasteiger partial charge in [0.2, 0.25) is 5.88 Å². The molecule has 1 fully saturated rings. The number of aromatic nitrogens is 1. The molecule has 1 aromatic carbocycles. The van der Waals surface area contributed by atoms with Crippen LogP contribution in [0.4, 0.5) is 0 Å². The van der Waals surface area contributed by atoms with Gasteiger partial charge in [-0.2, -0.15) is 0 Å². The molecule has 0 atom stereocenters. The summed E-state index contributed by atoms with van der Waals surface area (Å²) in [5.74, 6) is 1.44. The molecule has 5 heteroatoms. The lowest BCUT2D eigenvalue weighted by molar-refractivity contribution is 0.155. The summed E-state index contributed by atoms with van der Waals surface area (Å²) >= 11 is 0. The summed E-state index contributed by atoms with van der Waals surface area (Å²) < 4.78 is 11.6. The van der Waals surface area contributed by atoms with Gasteiger partial charge in [0.15, 0.2) is 0 Å². The molecule has 0 radical (unpaired) electrons. The Labute approximate surface area is 137 Å². The van der Waals surface area contributed by atoms with Crippen LogP contribution in [0.25, 0.3) is 0 Å². The minimum atomic E-state index is 0. The second-order valence-corrected chi connectivity index (χ2v) is 5.17. The van der Waals surface area contributed by atoms with Crippen LogP contribution in [0.3, 0.4) is 0 Å². The molecule has 0 amide bonds. The van der Waals surface area contributed by atoms with Crippen molar-refractivity contribution < 1.29 is 9.47 Å². The van der Waals surface area contributed by atoms with E-state index in [4.69, 9.17) is 9.47 Å². The van der Waals surface area contributed by atoms with Crippen molar-refractivity contribution >= 4 is 12.4 Å². The van der Waals surface area contributed by atoms with Gasteiger partial charge in [0.05, 0.1) is 6.20 Å². The highest BCUT2D eigenvalue weighted by molar-refractivity contribution is 5.85. The highest BCUT2D eigenvalue weighted by Gasteiger charge is 2.14. The summed E-state index contributed by atoms with van der Waals surface area (Å²) in [4.78, 5) is 4.32. The van der Waals surface area contributed by atoms with Crippen LogP contribution < -0.4 is 14.8 Å². The van der Waals surface area contributed by atoms with Crippen LogP contribution >= 0.6 is 12.4 Å². The van der Waals surface area contributed by atoms with Crippen LogP contribution in [0.2, 0.25) is 0 Å². The molecule has 22 heavy (non-hydrogen) atoms. The van der Waals surface area contributed by atoms with E-state index in [-0.39, 0.29) is 18.5 Å². The van der Waals surface area contributed by atoms with Gasteiger partial charge in [0.1, 0.15) is 18.5 Å². The molecular formula is C17H21ClN2O2. The van der Waals surface area contributed by atoms with Crippen molar-refractivity contribution in [2.45, 2.75) is 25.6 Å². The monoisotopic (exact) mass is 320 g/mol. The van der Waals surface area contributed by atoms with Gasteiger partial charge in [-0.3, -0.25) is 0 Å². The van der Waals surface area contributed by atoms with Gasteiger partial charge < -0.3 is 14.8 Å². The normalized spacial score (nSPS) is 14.9. The third kappa shape index (κ3) is 4.90. The van der Waals surface area contributed by atoms with Gasteiger partial charge in [0, 0.05) is 6.07 Å². The molecular weight excluding hydrogens is 300 g/mol. The smallest absolute Gasteiger partial charge is 0.213 e. The molecule has 118 valence electrons. The average molecular weight is 321 g/mol. The Hall–Kier alpha value is -1.78. The summed E-state index contributed by atoms with van der Waals surface area (Å²) in [6, 6.07) is 13.9. The SMILES string of the molecule is Cl.c1ccc(COc2ccc(OC3CCNCC3)nc2)cc1. The van der Waals surface area contributed by atoms with Crippen LogP contribution in [0.15, 0.2) is 48.7 Å². The maximum Gasteiger partial charge on any atom is 0.213 e. The van der Waals surface area contributed by atoms with Gasteiger partial charge in [-0.15, -0.1) is 12.4 Å². The largest absolute Gasteiger partial charge is 0.487 e. The Bertz CT molecular complexity index is 542. The molecule has 4 nitrogen and oxygen atoms in total. The lowest BCUT2D eigenvalue weighted by Crippen LogP contribution is -2.34. The number of rotatable bonds is 5. The molecule has 1 aliphatic heterocycles. The van der Waals surface area contributed by atoms with E-state index in [2.05, 4.69) is 10.3 Å². The van der Waals surface area contributed by atoms with Crippen LogP contribution in [0, 0.1) is 0 Å². The van der Waals surface area contributed by atoms with E-state index in [0.29, 0.717) is 12.5 Å². The first-order valence-electron chi connectivity index (χ1n) is 7.40. The first kappa shape index (κ1) is 16.6. The van der Waals surface area contributed by atoms with Gasteiger partial charge in [-0.25, -0.2) is 4.98 Å². The number of hydrogen-bond donors (Lipinski definition) is 1. The van der Waals surface area contributed by atoms with E-state index < -0.39 is 0 Å². The predicted molar refractivity (Wildman–Crippen MR) is 88.8 cm³/mol. The predicted octanol–water partition coefficient (Wildman–Crippen LogP) is 3.21. The number of nitrogens with zero attached hydrogens (tertiary/aromatic N) is 1. The fourth-order valence-corrected chi connectivity index (χ4v) is 2.35. The Morgan fingerprint density at radius 3 is 2.50 bits per heavy atom. The molecule has 0 bridgehead atoms. The van der Waals surface area contributed by atoms with Crippen molar-refractivity contribution in [3.63, 3.8) is 0 Å². The molecule has 2 heterocycles. The summed E-state index contributed by atoms with van der Waals surface area (Å²) in [6.07, 6.45) is 4.07. The van der Waals surface area contributed by atoms with E-state index >= 15 is 0 Å². The van der Waals surface area contributed by atoms with Gasteiger partial charge in [0.25, 0.3) is 0 Å². The van der Waals surface area contributed by atoms with Crippen molar-refractivity contribution in [3.05, 3.63) is 54.2 Å². The maximum atomic E-state index is 5.87. The van der Waals surface area contributed by atoms with E-state index in [1.165, 1.54) is 0 Å². The first-order valence-corrected chi connectivity index (χ1v) is 7.40. The zero-order valence-corrected chi connectivity index (χ0v) is 13.2. The van der Waals surface area contributed by atoms with E-state index in [9.17, 15) is 0 Å². The van der Waals surface area contributed by atoms with Crippen LogP contribution in [-0.4, -0.2) is 24.2 Å². The van der Waals surface area contributed by atoms with Crippen molar-refractivity contribution in [3.8, 4) is 11.6 Å². The lowest BCUT2D eigenvalue weighted by Gasteiger charge is -2.23. The Balaban J connectivity index is 0.00000176. The van der Waals surface area contributed by atoms with Gasteiger partial charge >= 0.3 is 0 Å². The summed E-state index contributed by atoms with van der Waals surface area (Å²) in [7, 11) is 0. The molecule has 1 aromatic heterocycles. The number of benzene rings is 1. The molecule has 0 aliphatic carbocycles. The quantitative estimate of drug-likeness (QED) is 0.918. The zero-order chi connectivity index (χ0) is 14.3. The Kier molecular flexibility index (Phi) is 6.49. The lowest BCUT2D eigenvalue weighted by atomic mass is 10.1. The van der Waals surface area contributed by atoms with E-state index in [1.807, 2.05) is 42.5 Å². The average Bonchev–Trinajstić information content (AvgIpc) is 2.56. The van der Waals surface area contributed by atoms with Crippen molar-refractivity contribution in [2.24, 2.45) is 0 Å². The fourth-order valence-electron chi connectivity index (χ4n) is 2.35. The van der Waals surface area contributed by atoms with Crippen LogP contribution in [0.5, 0.6) is 11.6 Å². The summed E-state index contributed by atoms with van der Waals surface area (Å²) in [5, 5.41) is 3.32. The number of hydrogen-bond acceptors (Lipinski definition) is 4. The fraction of sp³-hybridized carbons (Fsp3) is 0.353. The van der Waals surface area contributed by atoms with Crippen molar-refractivity contribution in [1.29, 1.82) is 0 Å². The number of ether oxygens (including phenoxy) is 2. The Morgan fingerprint density at radius 2 is 1.82 bits per heavy atom. The van der Waals surface area contributed by atoms with Crippen LogP contribution in [-0.2, 0) is 6.61 Å². The summed E-state index contributed by atoms with van der Waals surface area (Å²) in [6.45, 7) is 2.59. The van der Waals surface area contributed by atoms with Crippen molar-refractivity contribution in [1.82, 2.24) is 10.3 Å². The first-order chi connectivity index (χ1) is 10.4. The molecule has 0 spiro atoms. The topological polar surface area (TPSA) is 43.4 Å². The van der Waals surface area contributed by atoms with Crippen molar-refractivity contribution in [2.75, 3.05) is 13.1 Å².